The molecule has 0 fully saturated rings. The number of urea groups is 1. The van der Waals surface area contributed by atoms with E-state index in [9.17, 15) is 9.59 Å². The summed E-state index contributed by atoms with van der Waals surface area (Å²) in [6.07, 6.45) is 2.44. The lowest BCUT2D eigenvalue weighted by molar-refractivity contribution is 0.164. The van der Waals surface area contributed by atoms with Gasteiger partial charge in [-0.1, -0.05) is 52.0 Å². The van der Waals surface area contributed by atoms with Crippen LogP contribution in [0.15, 0.2) is 53.3 Å². The quantitative estimate of drug-likeness (QED) is 0.471. The lowest BCUT2D eigenvalue weighted by Gasteiger charge is -2.33. The van der Waals surface area contributed by atoms with Crippen molar-refractivity contribution in [1.29, 1.82) is 0 Å². The van der Waals surface area contributed by atoms with Gasteiger partial charge in [0.1, 0.15) is 5.82 Å². The van der Waals surface area contributed by atoms with Crippen molar-refractivity contribution in [3.05, 3.63) is 70.3 Å². The third-order valence-corrected chi connectivity index (χ3v) is 6.00. The molecule has 1 heterocycles. The summed E-state index contributed by atoms with van der Waals surface area (Å²) in [5.41, 5.74) is 2.51. The third-order valence-electron chi connectivity index (χ3n) is 6.00. The number of hydrogen-bond donors (Lipinski definition) is 1. The van der Waals surface area contributed by atoms with Crippen LogP contribution in [-0.4, -0.2) is 33.6 Å². The van der Waals surface area contributed by atoms with Crippen LogP contribution in [0.4, 0.5) is 4.79 Å². The third kappa shape index (κ3) is 5.44. The molecule has 0 aliphatic heterocycles. The Kier molecular flexibility index (Phi) is 8.26. The maximum absolute atomic E-state index is 13.7. The Morgan fingerprint density at radius 1 is 1.06 bits per heavy atom. The van der Waals surface area contributed by atoms with Crippen molar-refractivity contribution in [3.63, 3.8) is 0 Å². The molecule has 0 saturated carbocycles. The summed E-state index contributed by atoms with van der Waals surface area (Å²) in [6, 6.07) is 15.0. The zero-order valence-corrected chi connectivity index (χ0v) is 20.5. The first kappa shape index (κ1) is 24.5. The summed E-state index contributed by atoms with van der Waals surface area (Å²) in [6.45, 7) is 11.5. The summed E-state index contributed by atoms with van der Waals surface area (Å²) < 4.78 is 1.69. The number of rotatable bonds is 9. The van der Waals surface area contributed by atoms with Gasteiger partial charge in [0.05, 0.1) is 22.6 Å². The van der Waals surface area contributed by atoms with E-state index in [4.69, 9.17) is 4.98 Å². The molecule has 0 aliphatic rings. The molecule has 176 valence electrons. The van der Waals surface area contributed by atoms with E-state index < -0.39 is 0 Å². The number of nitrogens with zero attached hydrogens (tertiary/aromatic N) is 3. The van der Waals surface area contributed by atoms with Crippen molar-refractivity contribution in [1.82, 2.24) is 19.8 Å². The number of nitrogens with one attached hydrogen (secondary N) is 1. The van der Waals surface area contributed by atoms with Crippen molar-refractivity contribution >= 4 is 16.9 Å². The van der Waals surface area contributed by atoms with Gasteiger partial charge in [0, 0.05) is 13.1 Å². The molecule has 3 aromatic rings. The van der Waals surface area contributed by atoms with E-state index in [1.165, 1.54) is 5.56 Å². The van der Waals surface area contributed by atoms with Crippen LogP contribution in [0.3, 0.4) is 0 Å². The van der Waals surface area contributed by atoms with E-state index in [0.717, 1.165) is 18.5 Å². The minimum atomic E-state index is -0.335. The molecule has 2 amide bonds. The van der Waals surface area contributed by atoms with E-state index in [2.05, 4.69) is 26.1 Å². The molecule has 0 saturated heterocycles. The number of para-hydroxylation sites is 1. The average molecular weight is 449 g/mol. The average Bonchev–Trinajstić information content (AvgIpc) is 2.82. The van der Waals surface area contributed by atoms with Gasteiger partial charge in [0.15, 0.2) is 0 Å². The monoisotopic (exact) mass is 448 g/mol. The number of fused-ring (bicyclic) bond motifs is 1. The molecule has 1 unspecified atom stereocenters. The van der Waals surface area contributed by atoms with Crippen LogP contribution in [0.2, 0.25) is 0 Å². The molecule has 0 radical (unpaired) electrons. The second-order valence-corrected chi connectivity index (χ2v) is 8.78. The summed E-state index contributed by atoms with van der Waals surface area (Å²) in [7, 11) is 0. The number of hydrogen-bond acceptors (Lipinski definition) is 3. The van der Waals surface area contributed by atoms with Crippen LogP contribution in [-0.2, 0) is 6.42 Å². The van der Waals surface area contributed by atoms with Gasteiger partial charge in [-0.05, 0) is 61.9 Å². The van der Waals surface area contributed by atoms with Gasteiger partial charge in [-0.15, -0.1) is 0 Å². The molecule has 33 heavy (non-hydrogen) atoms. The number of benzene rings is 2. The number of amides is 2. The number of carbonyl (C=O) groups excluding carboxylic acids is 1. The normalized spacial score (nSPS) is 12.2. The topological polar surface area (TPSA) is 67.2 Å². The predicted octanol–water partition coefficient (Wildman–Crippen LogP) is 5.48. The predicted molar refractivity (Wildman–Crippen MR) is 135 cm³/mol. The summed E-state index contributed by atoms with van der Waals surface area (Å²) in [4.78, 5) is 33.6. The molecule has 1 aromatic heterocycles. The van der Waals surface area contributed by atoms with Gasteiger partial charge >= 0.3 is 6.03 Å². The highest BCUT2D eigenvalue weighted by atomic mass is 16.2. The van der Waals surface area contributed by atoms with Gasteiger partial charge in [-0.3, -0.25) is 9.36 Å². The zero-order valence-electron chi connectivity index (χ0n) is 20.5. The van der Waals surface area contributed by atoms with Crippen molar-refractivity contribution in [2.75, 3.05) is 13.1 Å². The Morgan fingerprint density at radius 2 is 1.76 bits per heavy atom. The van der Waals surface area contributed by atoms with Crippen molar-refractivity contribution in [2.24, 2.45) is 5.92 Å². The SMILES string of the molecule is CCNC(=O)N(CCC(C)C)C(CC)c1nc2ccccc2c(=O)n1-c1ccc(CC)cc1. The highest BCUT2D eigenvalue weighted by Crippen LogP contribution is 2.27. The molecule has 0 spiro atoms. The Labute approximate surface area is 196 Å². The van der Waals surface area contributed by atoms with Gasteiger partial charge < -0.3 is 10.2 Å². The molecular weight excluding hydrogens is 412 g/mol. The fraction of sp³-hybridized carbons (Fsp3) is 0.444. The Bertz CT molecular complexity index is 1140. The standard InChI is InChI=1S/C27H36N4O2/c1-6-20-13-15-21(16-14-20)31-25(29-23-12-10-9-11-22(23)26(31)32)24(7-2)30(18-17-19(4)5)27(33)28-8-3/h9-16,19,24H,6-8,17-18H2,1-5H3,(H,28,33). The molecule has 0 aliphatic carbocycles. The van der Waals surface area contributed by atoms with Crippen LogP contribution in [0.5, 0.6) is 0 Å². The van der Waals surface area contributed by atoms with E-state index in [0.29, 0.717) is 42.2 Å². The van der Waals surface area contributed by atoms with E-state index in [1.807, 2.05) is 67.3 Å². The summed E-state index contributed by atoms with van der Waals surface area (Å²) >= 11 is 0. The lowest BCUT2D eigenvalue weighted by Crippen LogP contribution is -2.44. The molecule has 1 N–H and O–H groups in total. The first-order valence-electron chi connectivity index (χ1n) is 12.1. The summed E-state index contributed by atoms with van der Waals surface area (Å²) in [5.74, 6) is 1.05. The minimum absolute atomic E-state index is 0.113. The Balaban J connectivity index is 2.24. The highest BCUT2D eigenvalue weighted by molar-refractivity contribution is 5.78. The molecule has 1 atom stereocenters. The van der Waals surface area contributed by atoms with Crippen molar-refractivity contribution in [2.45, 2.75) is 59.9 Å². The molecular formula is C27H36N4O2. The first-order chi connectivity index (χ1) is 15.9. The highest BCUT2D eigenvalue weighted by Gasteiger charge is 2.29. The van der Waals surface area contributed by atoms with Crippen LogP contribution < -0.4 is 10.9 Å². The number of aryl methyl sites for hydroxylation is 1. The maximum atomic E-state index is 13.7. The van der Waals surface area contributed by atoms with Gasteiger partial charge in [0.25, 0.3) is 5.56 Å². The Morgan fingerprint density at radius 3 is 2.36 bits per heavy atom. The van der Waals surface area contributed by atoms with Gasteiger partial charge in [-0.2, -0.15) is 0 Å². The van der Waals surface area contributed by atoms with Gasteiger partial charge in [-0.25, -0.2) is 9.78 Å². The fourth-order valence-corrected chi connectivity index (χ4v) is 4.09. The van der Waals surface area contributed by atoms with Crippen molar-refractivity contribution in [3.8, 4) is 5.69 Å². The smallest absolute Gasteiger partial charge is 0.318 e. The Hall–Kier alpha value is -3.15. The second-order valence-electron chi connectivity index (χ2n) is 8.78. The summed E-state index contributed by atoms with van der Waals surface area (Å²) in [5, 5.41) is 3.52. The van der Waals surface area contributed by atoms with Crippen LogP contribution in [0, 0.1) is 5.92 Å². The fourth-order valence-electron chi connectivity index (χ4n) is 4.09. The van der Waals surface area contributed by atoms with Gasteiger partial charge in [0.2, 0.25) is 0 Å². The second kappa shape index (κ2) is 11.1. The largest absolute Gasteiger partial charge is 0.338 e. The maximum Gasteiger partial charge on any atom is 0.318 e. The molecule has 6 nitrogen and oxygen atoms in total. The number of carbonyl (C=O) groups is 1. The van der Waals surface area contributed by atoms with E-state index >= 15 is 0 Å². The lowest BCUT2D eigenvalue weighted by atomic mass is 10.1. The van der Waals surface area contributed by atoms with Crippen LogP contribution in [0.1, 0.15) is 64.9 Å². The first-order valence-corrected chi connectivity index (χ1v) is 12.1. The van der Waals surface area contributed by atoms with E-state index in [1.54, 1.807) is 4.57 Å². The van der Waals surface area contributed by atoms with Crippen LogP contribution >= 0.6 is 0 Å². The number of aromatic nitrogens is 2. The molecule has 0 bridgehead atoms. The van der Waals surface area contributed by atoms with E-state index in [-0.39, 0.29) is 17.6 Å². The van der Waals surface area contributed by atoms with Crippen LogP contribution in [0.25, 0.3) is 16.6 Å². The molecule has 2 aromatic carbocycles. The molecule has 3 rings (SSSR count). The minimum Gasteiger partial charge on any atom is -0.338 e. The van der Waals surface area contributed by atoms with Crippen molar-refractivity contribution < 1.29 is 4.79 Å². The zero-order chi connectivity index (χ0) is 24.0. The molecule has 6 heteroatoms.